The zero-order chi connectivity index (χ0) is 19.3. The highest BCUT2D eigenvalue weighted by molar-refractivity contribution is 9.10. The van der Waals surface area contributed by atoms with Crippen molar-refractivity contribution in [2.75, 3.05) is 0 Å². The third-order valence-electron chi connectivity index (χ3n) is 5.08. The Morgan fingerprint density at radius 2 is 1.64 bits per heavy atom. The van der Waals surface area contributed by atoms with E-state index in [0.717, 1.165) is 39.0 Å². The van der Waals surface area contributed by atoms with Gasteiger partial charge in [0.25, 0.3) is 0 Å². The smallest absolute Gasteiger partial charge is 0.213 e. The van der Waals surface area contributed by atoms with E-state index in [1.807, 2.05) is 59.6 Å². The standard InChI is InChI=1S/C22H15BrCl2N2O/c23-15-5-1-13(2-6-15)19-12-20-18-11-17(25)9-10-21(18)28-22(27(20)26-19)14-3-7-16(24)8-4-14/h1-11,20,22H,12H2/t20-,22-/m1/s1. The van der Waals surface area contributed by atoms with E-state index in [9.17, 15) is 0 Å². The molecule has 0 saturated carbocycles. The number of halogens is 3. The van der Waals surface area contributed by atoms with Crippen molar-refractivity contribution in [3.63, 3.8) is 0 Å². The lowest BCUT2D eigenvalue weighted by Gasteiger charge is -2.38. The number of benzene rings is 3. The number of nitrogens with zero attached hydrogens (tertiary/aromatic N) is 2. The fourth-order valence-corrected chi connectivity index (χ4v) is 4.29. The van der Waals surface area contributed by atoms with Crippen molar-refractivity contribution in [3.8, 4) is 5.75 Å². The van der Waals surface area contributed by atoms with Gasteiger partial charge in [-0.2, -0.15) is 5.10 Å². The van der Waals surface area contributed by atoms with Crippen molar-refractivity contribution in [1.82, 2.24) is 5.01 Å². The number of ether oxygens (including phenoxy) is 1. The van der Waals surface area contributed by atoms with E-state index in [4.69, 9.17) is 33.0 Å². The molecular weight excluding hydrogens is 459 g/mol. The molecule has 2 atom stereocenters. The lowest BCUT2D eigenvalue weighted by molar-refractivity contribution is -0.0190. The quantitative estimate of drug-likeness (QED) is 0.400. The lowest BCUT2D eigenvalue weighted by Crippen LogP contribution is -2.33. The molecule has 0 amide bonds. The number of hydrogen-bond donors (Lipinski definition) is 0. The van der Waals surface area contributed by atoms with Gasteiger partial charge in [-0.15, -0.1) is 0 Å². The van der Waals surface area contributed by atoms with Crippen LogP contribution in [-0.2, 0) is 0 Å². The van der Waals surface area contributed by atoms with Crippen molar-refractivity contribution in [1.29, 1.82) is 0 Å². The molecule has 2 heterocycles. The summed E-state index contributed by atoms with van der Waals surface area (Å²) in [6, 6.07) is 21.8. The van der Waals surface area contributed by atoms with Crippen molar-refractivity contribution in [2.45, 2.75) is 18.7 Å². The summed E-state index contributed by atoms with van der Waals surface area (Å²) in [4.78, 5) is 0. The maximum absolute atomic E-state index is 6.34. The number of hydrogen-bond acceptors (Lipinski definition) is 3. The first-order valence-corrected chi connectivity index (χ1v) is 10.5. The van der Waals surface area contributed by atoms with Crippen LogP contribution in [0.1, 0.15) is 35.4 Å². The van der Waals surface area contributed by atoms with Crippen LogP contribution in [0.4, 0.5) is 0 Å². The van der Waals surface area contributed by atoms with Crippen molar-refractivity contribution < 1.29 is 4.74 Å². The Hall–Kier alpha value is -2.01. The predicted octanol–water partition coefficient (Wildman–Crippen LogP) is 7.00. The predicted molar refractivity (Wildman–Crippen MR) is 116 cm³/mol. The molecule has 3 aromatic carbocycles. The fraction of sp³-hybridized carbons (Fsp3) is 0.136. The van der Waals surface area contributed by atoms with Crippen LogP contribution in [-0.4, -0.2) is 10.7 Å². The molecule has 28 heavy (non-hydrogen) atoms. The summed E-state index contributed by atoms with van der Waals surface area (Å²) in [5.41, 5.74) is 4.22. The molecule has 0 N–H and O–H groups in total. The van der Waals surface area contributed by atoms with E-state index < -0.39 is 0 Å². The molecule has 0 fully saturated rings. The SMILES string of the molecule is Clc1ccc([C@H]2Oc3ccc(Cl)cc3[C@H]3CC(c4ccc(Br)cc4)=NN32)cc1. The molecule has 0 spiro atoms. The second kappa shape index (κ2) is 7.11. The molecular formula is C22H15BrCl2N2O. The number of fused-ring (bicyclic) bond motifs is 3. The van der Waals surface area contributed by atoms with Gasteiger partial charge in [-0.3, -0.25) is 0 Å². The number of hydrazone groups is 1. The normalized spacial score (nSPS) is 20.2. The van der Waals surface area contributed by atoms with E-state index in [0.29, 0.717) is 10.0 Å². The summed E-state index contributed by atoms with van der Waals surface area (Å²) in [5, 5.41) is 8.39. The summed E-state index contributed by atoms with van der Waals surface area (Å²) in [5.74, 6) is 0.845. The summed E-state index contributed by atoms with van der Waals surface area (Å²) in [6.45, 7) is 0. The van der Waals surface area contributed by atoms with Gasteiger partial charge in [0.15, 0.2) is 0 Å². The van der Waals surface area contributed by atoms with Gasteiger partial charge in [0.1, 0.15) is 5.75 Å². The van der Waals surface area contributed by atoms with Gasteiger partial charge in [0.05, 0.1) is 11.8 Å². The molecule has 2 aliphatic heterocycles. The zero-order valence-corrected chi connectivity index (χ0v) is 17.7. The molecule has 5 rings (SSSR count). The van der Waals surface area contributed by atoms with Crippen molar-refractivity contribution in [3.05, 3.63) is 97.9 Å². The minimum Gasteiger partial charge on any atom is -0.464 e. The van der Waals surface area contributed by atoms with E-state index in [2.05, 4.69) is 28.1 Å². The Morgan fingerprint density at radius 3 is 2.39 bits per heavy atom. The average Bonchev–Trinajstić information content (AvgIpc) is 3.14. The van der Waals surface area contributed by atoms with Crippen LogP contribution in [0.15, 0.2) is 76.3 Å². The lowest BCUT2D eigenvalue weighted by atomic mass is 9.96. The topological polar surface area (TPSA) is 24.8 Å². The van der Waals surface area contributed by atoms with Crippen LogP contribution >= 0.6 is 39.1 Å². The fourth-order valence-electron chi connectivity index (χ4n) is 3.72. The highest BCUT2D eigenvalue weighted by atomic mass is 79.9. The van der Waals surface area contributed by atoms with Gasteiger partial charge >= 0.3 is 0 Å². The van der Waals surface area contributed by atoms with E-state index >= 15 is 0 Å². The highest BCUT2D eigenvalue weighted by Crippen LogP contribution is 2.48. The van der Waals surface area contributed by atoms with Crippen LogP contribution < -0.4 is 4.74 Å². The van der Waals surface area contributed by atoms with E-state index in [1.54, 1.807) is 0 Å². The third-order valence-corrected chi connectivity index (χ3v) is 6.10. The Bertz CT molecular complexity index is 1070. The van der Waals surface area contributed by atoms with Gasteiger partial charge in [-0.05, 0) is 48.0 Å². The molecule has 140 valence electrons. The van der Waals surface area contributed by atoms with Crippen LogP contribution in [0.5, 0.6) is 5.75 Å². The average molecular weight is 474 g/mol. The minimum absolute atomic E-state index is 0.0711. The maximum Gasteiger partial charge on any atom is 0.213 e. The van der Waals surface area contributed by atoms with E-state index in [1.165, 1.54) is 0 Å². The van der Waals surface area contributed by atoms with Gasteiger partial charge in [0, 0.05) is 32.1 Å². The van der Waals surface area contributed by atoms with Crippen LogP contribution in [0.2, 0.25) is 10.0 Å². The molecule has 0 bridgehead atoms. The summed E-state index contributed by atoms with van der Waals surface area (Å²) >= 11 is 15.8. The van der Waals surface area contributed by atoms with Crippen LogP contribution in [0.25, 0.3) is 0 Å². The Kier molecular flexibility index (Phi) is 4.58. The number of rotatable bonds is 2. The molecule has 3 aromatic rings. The first-order chi connectivity index (χ1) is 13.6. The molecule has 6 heteroatoms. The molecule has 2 aliphatic rings. The van der Waals surface area contributed by atoms with Gasteiger partial charge in [0.2, 0.25) is 6.23 Å². The van der Waals surface area contributed by atoms with Crippen LogP contribution in [0, 0.1) is 0 Å². The highest BCUT2D eigenvalue weighted by Gasteiger charge is 2.41. The zero-order valence-electron chi connectivity index (χ0n) is 14.6. The Balaban J connectivity index is 1.59. The Morgan fingerprint density at radius 1 is 0.929 bits per heavy atom. The molecule has 0 saturated heterocycles. The monoisotopic (exact) mass is 472 g/mol. The summed E-state index contributed by atoms with van der Waals surface area (Å²) in [6.07, 6.45) is 0.478. The summed E-state index contributed by atoms with van der Waals surface area (Å²) < 4.78 is 7.39. The van der Waals surface area contributed by atoms with Gasteiger partial charge in [-0.1, -0.05) is 63.4 Å². The molecule has 0 radical (unpaired) electrons. The van der Waals surface area contributed by atoms with Gasteiger partial charge in [-0.25, -0.2) is 5.01 Å². The maximum atomic E-state index is 6.34. The first kappa shape index (κ1) is 18.0. The van der Waals surface area contributed by atoms with E-state index in [-0.39, 0.29) is 12.3 Å². The largest absolute Gasteiger partial charge is 0.464 e. The second-order valence-electron chi connectivity index (χ2n) is 6.86. The Labute approximate surface area is 181 Å². The molecule has 0 aliphatic carbocycles. The van der Waals surface area contributed by atoms with Crippen molar-refractivity contribution in [2.24, 2.45) is 5.10 Å². The molecule has 0 aromatic heterocycles. The molecule has 3 nitrogen and oxygen atoms in total. The van der Waals surface area contributed by atoms with Crippen LogP contribution in [0.3, 0.4) is 0 Å². The van der Waals surface area contributed by atoms with Crippen molar-refractivity contribution >= 4 is 44.8 Å². The minimum atomic E-state index is -0.316. The summed E-state index contributed by atoms with van der Waals surface area (Å²) in [7, 11) is 0. The van der Waals surface area contributed by atoms with Gasteiger partial charge < -0.3 is 4.74 Å². The molecule has 0 unspecified atom stereocenters. The first-order valence-electron chi connectivity index (χ1n) is 8.92. The second-order valence-corrected chi connectivity index (χ2v) is 8.65. The third kappa shape index (κ3) is 3.20.